The van der Waals surface area contributed by atoms with Gasteiger partial charge < -0.3 is 0 Å². The van der Waals surface area contributed by atoms with Crippen LogP contribution in [0.25, 0.3) is 0 Å². The SMILES string of the molecule is CCCCCC1C=CC(CC)C(C)C1CC. The molecule has 4 unspecified atom stereocenters. The fourth-order valence-corrected chi connectivity index (χ4v) is 3.43. The van der Waals surface area contributed by atoms with Crippen molar-refractivity contribution in [3.8, 4) is 0 Å². The zero-order valence-electron chi connectivity index (χ0n) is 11.7. The van der Waals surface area contributed by atoms with Crippen molar-refractivity contribution in [3.63, 3.8) is 0 Å². The predicted octanol–water partition coefficient (Wildman–Crippen LogP) is 5.44. The van der Waals surface area contributed by atoms with Gasteiger partial charge in [-0.1, -0.05) is 65.5 Å². The molecule has 0 N–H and O–H groups in total. The lowest BCUT2D eigenvalue weighted by molar-refractivity contribution is 0.189. The molecule has 0 radical (unpaired) electrons. The molecule has 0 aromatic heterocycles. The molecule has 0 saturated carbocycles. The Bertz CT molecular complexity index is 204. The third-order valence-corrected chi connectivity index (χ3v) is 4.59. The number of hydrogen-bond acceptors (Lipinski definition) is 0. The van der Waals surface area contributed by atoms with Crippen LogP contribution in [0.1, 0.15) is 66.2 Å². The first-order chi connectivity index (χ1) is 7.74. The molecule has 0 saturated heterocycles. The summed E-state index contributed by atoms with van der Waals surface area (Å²) < 4.78 is 0. The molecule has 0 aliphatic heterocycles. The lowest BCUT2D eigenvalue weighted by atomic mass is 9.68. The first kappa shape index (κ1) is 13.8. The van der Waals surface area contributed by atoms with Gasteiger partial charge in [-0.05, 0) is 36.5 Å². The molecule has 0 heteroatoms. The standard InChI is InChI=1S/C16H30/c1-5-8-9-10-15-12-11-14(6-2)13(4)16(15)7-3/h11-16H,5-10H2,1-4H3. The second-order valence-corrected chi connectivity index (χ2v) is 5.55. The maximum Gasteiger partial charge on any atom is -0.0202 e. The minimum Gasteiger partial charge on any atom is -0.0849 e. The van der Waals surface area contributed by atoms with Gasteiger partial charge in [0.1, 0.15) is 0 Å². The Balaban J connectivity index is 2.55. The van der Waals surface area contributed by atoms with Crippen LogP contribution in [0.15, 0.2) is 12.2 Å². The number of rotatable bonds is 6. The molecule has 0 heterocycles. The van der Waals surface area contributed by atoms with Gasteiger partial charge in [-0.2, -0.15) is 0 Å². The fraction of sp³-hybridized carbons (Fsp3) is 0.875. The van der Waals surface area contributed by atoms with Crippen molar-refractivity contribution in [1.29, 1.82) is 0 Å². The summed E-state index contributed by atoms with van der Waals surface area (Å²) in [6, 6.07) is 0. The molecule has 0 bridgehead atoms. The van der Waals surface area contributed by atoms with Gasteiger partial charge in [-0.15, -0.1) is 0 Å². The van der Waals surface area contributed by atoms with Crippen LogP contribution in [0.5, 0.6) is 0 Å². The van der Waals surface area contributed by atoms with E-state index in [0.29, 0.717) is 0 Å². The highest BCUT2D eigenvalue weighted by Gasteiger charge is 2.30. The van der Waals surface area contributed by atoms with Crippen molar-refractivity contribution < 1.29 is 0 Å². The van der Waals surface area contributed by atoms with Crippen molar-refractivity contribution >= 4 is 0 Å². The Hall–Kier alpha value is -0.260. The monoisotopic (exact) mass is 222 g/mol. The van der Waals surface area contributed by atoms with E-state index in [1.165, 1.54) is 38.5 Å². The minimum absolute atomic E-state index is 0.840. The van der Waals surface area contributed by atoms with Gasteiger partial charge in [0.25, 0.3) is 0 Å². The molecule has 1 aliphatic carbocycles. The average molecular weight is 222 g/mol. The molecule has 0 fully saturated rings. The van der Waals surface area contributed by atoms with Crippen LogP contribution >= 0.6 is 0 Å². The van der Waals surface area contributed by atoms with Gasteiger partial charge >= 0.3 is 0 Å². The molecule has 0 nitrogen and oxygen atoms in total. The quantitative estimate of drug-likeness (QED) is 0.414. The molecule has 0 amide bonds. The summed E-state index contributed by atoms with van der Waals surface area (Å²) in [5.41, 5.74) is 0. The van der Waals surface area contributed by atoms with Crippen molar-refractivity contribution in [2.24, 2.45) is 23.7 Å². The predicted molar refractivity (Wildman–Crippen MR) is 73.5 cm³/mol. The Labute approximate surface area is 103 Å². The summed E-state index contributed by atoms with van der Waals surface area (Å²) >= 11 is 0. The van der Waals surface area contributed by atoms with Crippen LogP contribution in [-0.4, -0.2) is 0 Å². The third kappa shape index (κ3) is 3.37. The summed E-state index contributed by atoms with van der Waals surface area (Å²) in [6.45, 7) is 9.47. The van der Waals surface area contributed by atoms with E-state index in [1.54, 1.807) is 0 Å². The van der Waals surface area contributed by atoms with E-state index >= 15 is 0 Å². The fourth-order valence-electron chi connectivity index (χ4n) is 3.43. The van der Waals surface area contributed by atoms with Gasteiger partial charge in [-0.3, -0.25) is 0 Å². The smallest absolute Gasteiger partial charge is 0.0202 e. The van der Waals surface area contributed by atoms with E-state index < -0.39 is 0 Å². The molecule has 0 spiro atoms. The normalized spacial score (nSPS) is 34.2. The van der Waals surface area contributed by atoms with Crippen LogP contribution in [0.4, 0.5) is 0 Å². The highest BCUT2D eigenvalue weighted by Crippen LogP contribution is 2.39. The molecular formula is C16H30. The molecule has 0 aromatic carbocycles. The number of unbranched alkanes of at least 4 members (excludes halogenated alkanes) is 2. The van der Waals surface area contributed by atoms with E-state index in [1.807, 2.05) is 0 Å². The third-order valence-electron chi connectivity index (χ3n) is 4.59. The highest BCUT2D eigenvalue weighted by atomic mass is 14.4. The molecule has 4 atom stereocenters. The van der Waals surface area contributed by atoms with Gasteiger partial charge in [-0.25, -0.2) is 0 Å². The maximum absolute atomic E-state index is 2.54. The van der Waals surface area contributed by atoms with Gasteiger partial charge in [0.2, 0.25) is 0 Å². The lowest BCUT2D eigenvalue weighted by Crippen LogP contribution is -2.29. The first-order valence-electron chi connectivity index (χ1n) is 7.42. The van der Waals surface area contributed by atoms with Gasteiger partial charge in [0.05, 0.1) is 0 Å². The number of allylic oxidation sites excluding steroid dienone is 2. The Morgan fingerprint density at radius 1 is 0.875 bits per heavy atom. The zero-order valence-corrected chi connectivity index (χ0v) is 11.7. The van der Waals surface area contributed by atoms with Crippen LogP contribution < -0.4 is 0 Å². The largest absolute Gasteiger partial charge is 0.0849 e. The van der Waals surface area contributed by atoms with Gasteiger partial charge in [0.15, 0.2) is 0 Å². The first-order valence-corrected chi connectivity index (χ1v) is 7.42. The van der Waals surface area contributed by atoms with E-state index in [9.17, 15) is 0 Å². The second-order valence-electron chi connectivity index (χ2n) is 5.55. The van der Waals surface area contributed by atoms with Crippen molar-refractivity contribution in [1.82, 2.24) is 0 Å². The van der Waals surface area contributed by atoms with E-state index in [4.69, 9.17) is 0 Å². The zero-order chi connectivity index (χ0) is 12.0. The molecule has 94 valence electrons. The molecule has 1 aliphatic rings. The number of hydrogen-bond donors (Lipinski definition) is 0. The minimum atomic E-state index is 0.840. The molecule has 16 heavy (non-hydrogen) atoms. The lowest BCUT2D eigenvalue weighted by Gasteiger charge is -2.37. The summed E-state index contributed by atoms with van der Waals surface area (Å²) in [5.74, 6) is 3.54. The summed E-state index contributed by atoms with van der Waals surface area (Å²) in [5, 5.41) is 0. The molecule has 1 rings (SSSR count). The van der Waals surface area contributed by atoms with Crippen LogP contribution in [0.3, 0.4) is 0 Å². The molecule has 0 aromatic rings. The highest BCUT2D eigenvalue weighted by molar-refractivity contribution is 5.03. The summed E-state index contributed by atoms with van der Waals surface area (Å²) in [7, 11) is 0. The van der Waals surface area contributed by atoms with Gasteiger partial charge in [0, 0.05) is 0 Å². The molecular weight excluding hydrogens is 192 g/mol. The Morgan fingerprint density at radius 2 is 1.56 bits per heavy atom. The topological polar surface area (TPSA) is 0 Å². The van der Waals surface area contributed by atoms with Crippen LogP contribution in [0, 0.1) is 23.7 Å². The summed E-state index contributed by atoms with van der Waals surface area (Å²) in [4.78, 5) is 0. The Morgan fingerprint density at radius 3 is 2.12 bits per heavy atom. The van der Waals surface area contributed by atoms with Crippen molar-refractivity contribution in [2.75, 3.05) is 0 Å². The van der Waals surface area contributed by atoms with E-state index in [0.717, 1.165) is 23.7 Å². The second kappa shape index (κ2) is 7.14. The van der Waals surface area contributed by atoms with Crippen LogP contribution in [-0.2, 0) is 0 Å². The van der Waals surface area contributed by atoms with Crippen molar-refractivity contribution in [2.45, 2.75) is 66.2 Å². The average Bonchev–Trinajstić information content (AvgIpc) is 2.30. The van der Waals surface area contributed by atoms with E-state index in [-0.39, 0.29) is 0 Å². The van der Waals surface area contributed by atoms with Crippen molar-refractivity contribution in [3.05, 3.63) is 12.2 Å². The van der Waals surface area contributed by atoms with Crippen LogP contribution in [0.2, 0.25) is 0 Å². The Kier molecular flexibility index (Phi) is 6.16. The maximum atomic E-state index is 2.54. The van der Waals surface area contributed by atoms with E-state index in [2.05, 4.69) is 39.8 Å². The summed E-state index contributed by atoms with van der Waals surface area (Å²) in [6.07, 6.45) is 13.3.